The number of ether oxygens (including phenoxy) is 3. The van der Waals surface area contributed by atoms with E-state index in [-0.39, 0.29) is 13.0 Å². The maximum atomic E-state index is 13.0. The first-order valence-electron chi connectivity index (χ1n) is 8.66. The molecule has 0 radical (unpaired) electrons. The van der Waals surface area contributed by atoms with Crippen LogP contribution in [0.5, 0.6) is 5.75 Å². The number of hydrogen-bond donors (Lipinski definition) is 2. The van der Waals surface area contributed by atoms with E-state index >= 15 is 0 Å². The lowest BCUT2D eigenvalue weighted by atomic mass is 10.1. The highest BCUT2D eigenvalue weighted by atomic mass is 19.4. The molecule has 8 nitrogen and oxygen atoms in total. The number of methoxy groups -OCH3 is 1. The molecule has 0 amide bonds. The number of aliphatic hydroxyl groups excluding tert-OH is 1. The number of rotatable bonds is 6. The van der Waals surface area contributed by atoms with Gasteiger partial charge in [0.25, 0.3) is 5.56 Å². The highest BCUT2D eigenvalue weighted by Gasteiger charge is 2.39. The zero-order valence-electron chi connectivity index (χ0n) is 15.3. The molecule has 1 saturated heterocycles. The molecule has 2 aromatic rings. The zero-order chi connectivity index (χ0) is 21.2. The molecule has 11 heteroatoms. The fraction of sp³-hybridized carbons (Fsp3) is 0.444. The molecule has 2 heterocycles. The quantitative estimate of drug-likeness (QED) is 0.739. The third-order valence-corrected chi connectivity index (χ3v) is 4.57. The van der Waals surface area contributed by atoms with Crippen LogP contribution >= 0.6 is 0 Å². The standard InChI is InChI=1S/C18H19F3N2O6/c1-27-11-4-2-10(3-5-11)9-28-13-6-15(29-14(13)8-24)23-7-12(18(19,20)21)16(25)22-17(23)26/h2-5,7,13-15,24H,6,8-9H2,1H3,(H,22,25,26)/t13-,14+,15+/m0/s1. The molecular weight excluding hydrogens is 397 g/mol. The maximum absolute atomic E-state index is 13.0. The first-order chi connectivity index (χ1) is 13.7. The molecule has 0 saturated carbocycles. The average molecular weight is 416 g/mol. The van der Waals surface area contributed by atoms with Gasteiger partial charge in [0.1, 0.15) is 23.6 Å². The van der Waals surface area contributed by atoms with Gasteiger partial charge in [-0.05, 0) is 17.7 Å². The summed E-state index contributed by atoms with van der Waals surface area (Å²) in [5.41, 5.74) is -3.27. The van der Waals surface area contributed by atoms with Gasteiger partial charge in [-0.2, -0.15) is 13.2 Å². The molecule has 158 valence electrons. The molecular formula is C18H19F3N2O6. The van der Waals surface area contributed by atoms with Gasteiger partial charge < -0.3 is 19.3 Å². The van der Waals surface area contributed by atoms with Crippen molar-refractivity contribution in [3.63, 3.8) is 0 Å². The molecule has 2 N–H and O–H groups in total. The highest BCUT2D eigenvalue weighted by Crippen LogP contribution is 2.32. The summed E-state index contributed by atoms with van der Waals surface area (Å²) >= 11 is 0. The minimum atomic E-state index is -4.93. The number of nitrogens with zero attached hydrogens (tertiary/aromatic N) is 1. The largest absolute Gasteiger partial charge is 0.497 e. The van der Waals surface area contributed by atoms with E-state index in [0.29, 0.717) is 16.5 Å². The first-order valence-corrected chi connectivity index (χ1v) is 8.66. The number of alkyl halides is 3. The van der Waals surface area contributed by atoms with E-state index in [1.165, 1.54) is 7.11 Å². The van der Waals surface area contributed by atoms with Crippen LogP contribution in [0, 0.1) is 0 Å². The summed E-state index contributed by atoms with van der Waals surface area (Å²) < 4.78 is 55.9. The van der Waals surface area contributed by atoms with E-state index in [4.69, 9.17) is 14.2 Å². The van der Waals surface area contributed by atoms with Crippen LogP contribution in [0.3, 0.4) is 0 Å². The number of benzene rings is 1. The van der Waals surface area contributed by atoms with Gasteiger partial charge in [-0.15, -0.1) is 0 Å². The number of hydrogen-bond acceptors (Lipinski definition) is 6. The van der Waals surface area contributed by atoms with Crippen LogP contribution in [0.1, 0.15) is 23.8 Å². The number of aromatic nitrogens is 2. The molecule has 0 bridgehead atoms. The Morgan fingerprint density at radius 1 is 1.28 bits per heavy atom. The number of nitrogens with one attached hydrogen (secondary N) is 1. The van der Waals surface area contributed by atoms with E-state index < -0.39 is 48.0 Å². The highest BCUT2D eigenvalue weighted by molar-refractivity contribution is 5.26. The molecule has 1 aliphatic heterocycles. The van der Waals surface area contributed by atoms with Crippen molar-refractivity contribution in [3.05, 3.63) is 62.4 Å². The smallest absolute Gasteiger partial charge is 0.423 e. The van der Waals surface area contributed by atoms with Crippen molar-refractivity contribution in [2.75, 3.05) is 13.7 Å². The number of H-pyrrole nitrogens is 1. The second-order valence-electron chi connectivity index (χ2n) is 6.45. The minimum absolute atomic E-state index is 0.0185. The van der Waals surface area contributed by atoms with Crippen molar-refractivity contribution in [3.8, 4) is 5.75 Å². The number of aromatic amines is 1. The molecule has 0 unspecified atom stereocenters. The van der Waals surface area contributed by atoms with Crippen LogP contribution in [0.25, 0.3) is 0 Å². The van der Waals surface area contributed by atoms with Crippen LogP contribution in [0.2, 0.25) is 0 Å². The van der Waals surface area contributed by atoms with E-state index in [0.717, 1.165) is 5.56 Å². The molecule has 1 aromatic carbocycles. The Morgan fingerprint density at radius 2 is 1.97 bits per heavy atom. The van der Waals surface area contributed by atoms with Crippen LogP contribution < -0.4 is 16.0 Å². The molecule has 0 aliphatic carbocycles. The Kier molecular flexibility index (Phi) is 6.10. The van der Waals surface area contributed by atoms with Crippen molar-refractivity contribution in [1.29, 1.82) is 0 Å². The zero-order valence-corrected chi connectivity index (χ0v) is 15.3. The van der Waals surface area contributed by atoms with Gasteiger partial charge in [0.15, 0.2) is 0 Å². The summed E-state index contributed by atoms with van der Waals surface area (Å²) in [5, 5.41) is 9.52. The SMILES string of the molecule is COc1ccc(CO[C@H]2C[C@H](n3cc(C(F)(F)F)c(=O)[nH]c3=O)O[C@@H]2CO)cc1. The summed E-state index contributed by atoms with van der Waals surface area (Å²) in [6, 6.07) is 7.05. The number of aliphatic hydroxyl groups is 1. The lowest BCUT2D eigenvalue weighted by Crippen LogP contribution is -2.36. The third kappa shape index (κ3) is 4.69. The number of halogens is 3. The van der Waals surface area contributed by atoms with Gasteiger partial charge in [-0.25, -0.2) is 4.79 Å². The fourth-order valence-electron chi connectivity index (χ4n) is 3.04. The van der Waals surface area contributed by atoms with E-state index in [1.54, 1.807) is 29.2 Å². The van der Waals surface area contributed by atoms with Crippen molar-refractivity contribution in [1.82, 2.24) is 9.55 Å². The Hall–Kier alpha value is -2.63. The Labute approximate surface area is 162 Å². The molecule has 3 atom stereocenters. The Balaban J connectivity index is 1.76. The van der Waals surface area contributed by atoms with Gasteiger partial charge >= 0.3 is 11.9 Å². The second kappa shape index (κ2) is 8.39. The van der Waals surface area contributed by atoms with Crippen LogP contribution in [0.15, 0.2) is 40.1 Å². The molecule has 1 aliphatic rings. The first kappa shape index (κ1) is 21.1. The monoisotopic (exact) mass is 416 g/mol. The molecule has 1 fully saturated rings. The Morgan fingerprint density at radius 3 is 2.55 bits per heavy atom. The van der Waals surface area contributed by atoms with Crippen molar-refractivity contribution in [2.24, 2.45) is 0 Å². The van der Waals surface area contributed by atoms with Crippen molar-refractivity contribution in [2.45, 2.75) is 37.6 Å². The average Bonchev–Trinajstić information content (AvgIpc) is 3.08. The van der Waals surface area contributed by atoms with Crippen LogP contribution in [0.4, 0.5) is 13.2 Å². The summed E-state index contributed by atoms with van der Waals surface area (Å²) in [6.45, 7) is -0.288. The topological polar surface area (TPSA) is 103 Å². The fourth-order valence-corrected chi connectivity index (χ4v) is 3.04. The second-order valence-corrected chi connectivity index (χ2v) is 6.45. The van der Waals surface area contributed by atoms with Gasteiger partial charge in [0, 0.05) is 12.6 Å². The summed E-state index contributed by atoms with van der Waals surface area (Å²) in [4.78, 5) is 25.1. The molecule has 3 rings (SSSR count). The van der Waals surface area contributed by atoms with E-state index in [1.807, 2.05) is 0 Å². The lowest BCUT2D eigenvalue weighted by Gasteiger charge is -2.17. The summed E-state index contributed by atoms with van der Waals surface area (Å²) in [6.07, 6.45) is -7.12. The minimum Gasteiger partial charge on any atom is -0.497 e. The van der Waals surface area contributed by atoms with Crippen molar-refractivity contribution < 1.29 is 32.5 Å². The lowest BCUT2D eigenvalue weighted by molar-refractivity contribution is -0.139. The predicted molar refractivity (Wildman–Crippen MR) is 93.5 cm³/mol. The van der Waals surface area contributed by atoms with E-state index in [2.05, 4.69) is 0 Å². The van der Waals surface area contributed by atoms with Gasteiger partial charge in [0.2, 0.25) is 0 Å². The molecule has 1 aromatic heterocycles. The predicted octanol–water partition coefficient (Wildman–Crippen LogP) is 1.43. The van der Waals surface area contributed by atoms with Crippen LogP contribution in [-0.4, -0.2) is 40.6 Å². The van der Waals surface area contributed by atoms with Gasteiger partial charge in [-0.1, -0.05) is 12.1 Å². The van der Waals surface area contributed by atoms with E-state index in [9.17, 15) is 27.9 Å². The third-order valence-electron chi connectivity index (χ3n) is 4.57. The van der Waals surface area contributed by atoms with Gasteiger partial charge in [-0.3, -0.25) is 14.3 Å². The van der Waals surface area contributed by atoms with Gasteiger partial charge in [0.05, 0.1) is 26.4 Å². The van der Waals surface area contributed by atoms with Crippen LogP contribution in [-0.2, 0) is 22.3 Å². The normalized spacial score (nSPS) is 22.0. The molecule has 29 heavy (non-hydrogen) atoms. The maximum Gasteiger partial charge on any atom is 0.423 e. The van der Waals surface area contributed by atoms with Crippen molar-refractivity contribution >= 4 is 0 Å². The summed E-state index contributed by atoms with van der Waals surface area (Å²) in [7, 11) is 1.54. The summed E-state index contributed by atoms with van der Waals surface area (Å²) in [5.74, 6) is 0.671. The molecule has 0 spiro atoms. The Bertz CT molecular complexity index is 954.